The average Bonchev–Trinajstić information content (AvgIpc) is 2.93. The topological polar surface area (TPSA) is 20.2 Å². The van der Waals surface area contributed by atoms with Crippen molar-refractivity contribution in [3.8, 4) is 0 Å². The van der Waals surface area contributed by atoms with Crippen LogP contribution in [-0.4, -0.2) is 15.3 Å². The molecule has 1 nitrogen and oxygen atoms in total. The van der Waals surface area contributed by atoms with Gasteiger partial charge in [0.1, 0.15) is 4.93 Å². The fourth-order valence-corrected chi connectivity index (χ4v) is 2.05. The number of allylic oxidation sites excluding steroid dienone is 2. The van der Waals surface area contributed by atoms with E-state index in [-0.39, 0.29) is 0 Å². The smallest absolute Gasteiger partial charge is 0.145 e. The summed E-state index contributed by atoms with van der Waals surface area (Å²) in [5.74, 6) is 0. The first kappa shape index (κ1) is 9.56. The summed E-state index contributed by atoms with van der Waals surface area (Å²) >= 11 is 1.58. The second kappa shape index (κ2) is 4.03. The van der Waals surface area contributed by atoms with Crippen LogP contribution in [0.3, 0.4) is 0 Å². The van der Waals surface area contributed by atoms with Crippen molar-refractivity contribution in [1.29, 1.82) is 0 Å². The van der Waals surface area contributed by atoms with Crippen LogP contribution in [0.25, 0.3) is 0 Å². The lowest BCUT2D eigenvalue weighted by molar-refractivity contribution is 0.228. The van der Waals surface area contributed by atoms with E-state index in [1.165, 1.54) is 0 Å². The molecule has 2 unspecified atom stereocenters. The van der Waals surface area contributed by atoms with Crippen LogP contribution >= 0.6 is 11.8 Å². The van der Waals surface area contributed by atoms with Crippen LogP contribution in [0.5, 0.6) is 0 Å². The van der Waals surface area contributed by atoms with Crippen molar-refractivity contribution < 1.29 is 5.11 Å². The Bertz CT molecular complexity index is 318. The van der Waals surface area contributed by atoms with Gasteiger partial charge in [-0.15, -0.1) is 11.8 Å². The highest BCUT2D eigenvalue weighted by Gasteiger charge is 2.51. The molecule has 0 radical (unpaired) electrons. The molecule has 1 heterocycles. The third-order valence-corrected chi connectivity index (χ3v) is 3.35. The molecule has 1 aromatic rings. The summed E-state index contributed by atoms with van der Waals surface area (Å²) in [7, 11) is 0. The van der Waals surface area contributed by atoms with Gasteiger partial charge >= 0.3 is 0 Å². The lowest BCUT2D eigenvalue weighted by Gasteiger charge is -1.98. The molecular weight excluding hydrogens is 192 g/mol. The van der Waals surface area contributed by atoms with Gasteiger partial charge in [-0.3, -0.25) is 0 Å². The van der Waals surface area contributed by atoms with Crippen LogP contribution in [-0.2, 0) is 0 Å². The predicted molar refractivity (Wildman–Crippen MR) is 61.1 cm³/mol. The van der Waals surface area contributed by atoms with E-state index in [9.17, 15) is 5.11 Å². The minimum absolute atomic E-state index is 0.354. The van der Waals surface area contributed by atoms with E-state index in [1.807, 2.05) is 60.7 Å². The third-order valence-electron chi connectivity index (χ3n) is 2.06. The predicted octanol–water partition coefficient (Wildman–Crippen LogP) is 2.60. The maximum atomic E-state index is 9.27. The molecule has 1 saturated heterocycles. The highest BCUT2D eigenvalue weighted by Crippen LogP contribution is 2.54. The zero-order chi connectivity index (χ0) is 9.86. The van der Waals surface area contributed by atoms with E-state index in [2.05, 4.69) is 0 Å². The largest absolute Gasteiger partial charge is 0.374 e. The zero-order valence-electron chi connectivity index (χ0n) is 7.71. The molecule has 1 N–H and O–H groups in total. The highest BCUT2D eigenvalue weighted by molar-refractivity contribution is 8.08. The average molecular weight is 204 g/mol. The van der Waals surface area contributed by atoms with Crippen molar-refractivity contribution in [2.45, 2.75) is 10.2 Å². The van der Waals surface area contributed by atoms with E-state index < -0.39 is 4.93 Å². The Balaban J connectivity index is 0.000000112. The first-order chi connectivity index (χ1) is 6.81. The van der Waals surface area contributed by atoms with Gasteiger partial charge in [0.05, 0.1) is 5.25 Å². The van der Waals surface area contributed by atoms with Crippen LogP contribution in [0.15, 0.2) is 60.7 Å². The van der Waals surface area contributed by atoms with E-state index in [0.717, 1.165) is 0 Å². The van der Waals surface area contributed by atoms with Gasteiger partial charge in [-0.05, 0) is 6.08 Å². The van der Waals surface area contributed by atoms with E-state index >= 15 is 0 Å². The van der Waals surface area contributed by atoms with Crippen LogP contribution in [0.2, 0.25) is 0 Å². The van der Waals surface area contributed by atoms with Crippen molar-refractivity contribution in [2.24, 2.45) is 0 Å². The maximum absolute atomic E-state index is 9.27. The summed E-state index contributed by atoms with van der Waals surface area (Å²) < 4.78 is 0. The number of thioether (sulfide) groups is 1. The number of rotatable bonds is 0. The molecule has 0 saturated carbocycles. The number of hydrogen-bond donors (Lipinski definition) is 1. The Hall–Kier alpha value is -0.990. The van der Waals surface area contributed by atoms with Crippen molar-refractivity contribution in [3.05, 3.63) is 60.7 Å². The molecule has 1 aromatic carbocycles. The molecule has 0 aromatic heterocycles. The normalized spacial score (nSPS) is 31.4. The monoisotopic (exact) mass is 204 g/mol. The second-order valence-corrected chi connectivity index (χ2v) is 4.59. The number of benzene rings is 1. The first-order valence-corrected chi connectivity index (χ1v) is 5.45. The fourth-order valence-electron chi connectivity index (χ4n) is 1.22. The van der Waals surface area contributed by atoms with E-state index in [0.29, 0.717) is 5.25 Å². The summed E-state index contributed by atoms with van der Waals surface area (Å²) in [6.07, 6.45) is 7.71. The standard InChI is InChI=1S/C6H6OS.C6H6/c7-6-4-2-1-3-5(6)8-6;1-2-4-6-5-3-1/h1-5,7H;1-6H. The Morgan fingerprint density at radius 1 is 0.929 bits per heavy atom. The minimum Gasteiger partial charge on any atom is -0.374 e. The summed E-state index contributed by atoms with van der Waals surface area (Å²) in [6, 6.07) is 12.0. The molecule has 0 bridgehead atoms. The molecule has 2 heteroatoms. The molecule has 2 atom stereocenters. The second-order valence-electron chi connectivity index (χ2n) is 3.19. The SMILES string of the molecule is OC12C=CC=CC1S2.c1ccccc1. The molecule has 0 spiro atoms. The van der Waals surface area contributed by atoms with Crippen molar-refractivity contribution in [2.75, 3.05) is 0 Å². The molecule has 2 aliphatic rings. The van der Waals surface area contributed by atoms with Gasteiger partial charge in [0.25, 0.3) is 0 Å². The molecule has 1 fully saturated rings. The van der Waals surface area contributed by atoms with Crippen molar-refractivity contribution >= 4 is 11.8 Å². The molecular formula is C12H12OS. The maximum Gasteiger partial charge on any atom is 0.145 e. The van der Waals surface area contributed by atoms with Gasteiger partial charge < -0.3 is 5.11 Å². The van der Waals surface area contributed by atoms with Gasteiger partial charge in [0, 0.05) is 0 Å². The molecule has 3 rings (SSSR count). The summed E-state index contributed by atoms with van der Waals surface area (Å²) in [5.41, 5.74) is 0. The van der Waals surface area contributed by atoms with E-state index in [1.54, 1.807) is 11.8 Å². The summed E-state index contributed by atoms with van der Waals surface area (Å²) in [4.78, 5) is -0.505. The van der Waals surface area contributed by atoms with Crippen LogP contribution in [0.4, 0.5) is 0 Å². The van der Waals surface area contributed by atoms with Crippen molar-refractivity contribution in [3.63, 3.8) is 0 Å². The lowest BCUT2D eigenvalue weighted by Crippen LogP contribution is -2.08. The fraction of sp³-hybridized carbons (Fsp3) is 0.167. The van der Waals surface area contributed by atoms with Gasteiger partial charge in [-0.1, -0.05) is 54.6 Å². The van der Waals surface area contributed by atoms with Crippen LogP contribution in [0.1, 0.15) is 0 Å². The van der Waals surface area contributed by atoms with Gasteiger partial charge in [0.15, 0.2) is 0 Å². The molecule has 14 heavy (non-hydrogen) atoms. The molecule has 72 valence electrons. The highest BCUT2D eigenvalue weighted by atomic mass is 32.2. The molecule has 1 aliphatic heterocycles. The lowest BCUT2D eigenvalue weighted by atomic mass is 10.1. The third kappa shape index (κ3) is 2.28. The van der Waals surface area contributed by atoms with E-state index in [4.69, 9.17) is 0 Å². The summed E-state index contributed by atoms with van der Waals surface area (Å²) in [5, 5.41) is 9.63. The van der Waals surface area contributed by atoms with Crippen molar-refractivity contribution in [1.82, 2.24) is 0 Å². The Labute approximate surface area is 88.2 Å². The van der Waals surface area contributed by atoms with Gasteiger partial charge in [0.2, 0.25) is 0 Å². The quantitative estimate of drug-likeness (QED) is 0.655. The molecule has 0 amide bonds. The molecule has 1 aliphatic carbocycles. The summed E-state index contributed by atoms with van der Waals surface area (Å²) in [6.45, 7) is 0. The number of aliphatic hydroxyl groups is 1. The minimum atomic E-state index is -0.505. The van der Waals surface area contributed by atoms with Gasteiger partial charge in [-0.25, -0.2) is 0 Å². The Kier molecular flexibility index (Phi) is 2.75. The Morgan fingerprint density at radius 3 is 1.86 bits per heavy atom. The first-order valence-electron chi connectivity index (χ1n) is 4.57. The number of hydrogen-bond acceptors (Lipinski definition) is 2. The van der Waals surface area contributed by atoms with Gasteiger partial charge in [-0.2, -0.15) is 0 Å². The van der Waals surface area contributed by atoms with Crippen LogP contribution in [0, 0.1) is 0 Å². The number of fused-ring (bicyclic) bond motifs is 1. The van der Waals surface area contributed by atoms with Crippen LogP contribution < -0.4 is 0 Å². The Morgan fingerprint density at radius 2 is 1.50 bits per heavy atom. The zero-order valence-corrected chi connectivity index (χ0v) is 8.52.